The van der Waals surface area contributed by atoms with Crippen LogP contribution in [0.3, 0.4) is 0 Å². The maximum Gasteiger partial charge on any atom is 0.335 e. The third-order valence-corrected chi connectivity index (χ3v) is 2.81. The van der Waals surface area contributed by atoms with Crippen molar-refractivity contribution in [1.82, 2.24) is 0 Å². The molecule has 0 unspecified atom stereocenters. The third kappa shape index (κ3) is 2.85. The van der Waals surface area contributed by atoms with E-state index in [4.69, 9.17) is 14.6 Å². The van der Waals surface area contributed by atoms with E-state index >= 15 is 0 Å². The average Bonchev–Trinajstić information content (AvgIpc) is 2.40. The van der Waals surface area contributed by atoms with Gasteiger partial charge in [0.05, 0.1) is 0 Å². The summed E-state index contributed by atoms with van der Waals surface area (Å²) in [6, 6.07) is 8.30. The van der Waals surface area contributed by atoms with Crippen LogP contribution in [0.5, 0.6) is 5.75 Å². The number of carboxylic acids is 1. The maximum absolute atomic E-state index is 10.9. The van der Waals surface area contributed by atoms with Gasteiger partial charge < -0.3 is 29.9 Å². The first kappa shape index (κ1) is 13.8. The van der Waals surface area contributed by atoms with Gasteiger partial charge in [0.2, 0.25) is 6.29 Å². The van der Waals surface area contributed by atoms with Crippen LogP contribution in [0.25, 0.3) is 0 Å². The largest absolute Gasteiger partial charge is 0.479 e. The summed E-state index contributed by atoms with van der Waals surface area (Å²) >= 11 is 0. The summed E-state index contributed by atoms with van der Waals surface area (Å²) in [5, 5.41) is 37.7. The summed E-state index contributed by atoms with van der Waals surface area (Å²) in [6.07, 6.45) is -7.97. The Kier molecular flexibility index (Phi) is 4.01. The van der Waals surface area contributed by atoms with E-state index < -0.39 is 36.7 Å². The molecule has 0 bridgehead atoms. The summed E-state index contributed by atoms with van der Waals surface area (Å²) in [5.41, 5.74) is 0. The van der Waals surface area contributed by atoms with Crippen molar-refractivity contribution in [2.75, 3.05) is 0 Å². The minimum Gasteiger partial charge on any atom is -0.479 e. The van der Waals surface area contributed by atoms with Crippen molar-refractivity contribution in [3.8, 4) is 5.75 Å². The van der Waals surface area contributed by atoms with Crippen LogP contribution < -0.4 is 4.74 Å². The van der Waals surface area contributed by atoms with Crippen molar-refractivity contribution in [2.45, 2.75) is 30.7 Å². The third-order valence-electron chi connectivity index (χ3n) is 2.81. The fraction of sp³-hybridized carbons (Fsp3) is 0.417. The molecule has 1 aromatic rings. The SMILES string of the molecule is O=C(O)[C@H]1O[C@@H](Oc2ccccc2)[C@@H](O)[C@@H](O)[C@@H]1O. The Labute approximate surface area is 108 Å². The quantitative estimate of drug-likeness (QED) is 0.554. The fourth-order valence-corrected chi connectivity index (χ4v) is 1.78. The molecular formula is C12H14O7. The molecule has 2 rings (SSSR count). The number of carboxylic acid groups (broad SMARTS) is 1. The molecule has 1 aliphatic heterocycles. The highest BCUT2D eigenvalue weighted by Crippen LogP contribution is 2.24. The Morgan fingerprint density at radius 2 is 1.68 bits per heavy atom. The van der Waals surface area contributed by atoms with Crippen LogP contribution in [0.4, 0.5) is 0 Å². The van der Waals surface area contributed by atoms with Crippen LogP contribution in [0.2, 0.25) is 0 Å². The lowest BCUT2D eigenvalue weighted by atomic mass is 9.99. The van der Waals surface area contributed by atoms with Gasteiger partial charge >= 0.3 is 5.97 Å². The number of aliphatic carboxylic acids is 1. The summed E-state index contributed by atoms with van der Waals surface area (Å²) in [7, 11) is 0. The first-order valence-corrected chi connectivity index (χ1v) is 5.65. The Bertz CT molecular complexity index is 435. The van der Waals surface area contributed by atoms with E-state index in [-0.39, 0.29) is 0 Å². The second-order valence-electron chi connectivity index (χ2n) is 4.17. The van der Waals surface area contributed by atoms with Crippen LogP contribution in [0.15, 0.2) is 30.3 Å². The van der Waals surface area contributed by atoms with Crippen molar-refractivity contribution in [2.24, 2.45) is 0 Å². The lowest BCUT2D eigenvalue weighted by Crippen LogP contribution is -2.61. The molecule has 0 radical (unpaired) electrons. The second kappa shape index (κ2) is 5.54. The van der Waals surface area contributed by atoms with E-state index in [1.165, 1.54) is 0 Å². The molecule has 19 heavy (non-hydrogen) atoms. The number of rotatable bonds is 3. The van der Waals surface area contributed by atoms with Gasteiger partial charge in [0.1, 0.15) is 24.1 Å². The van der Waals surface area contributed by atoms with Crippen molar-refractivity contribution < 1.29 is 34.7 Å². The predicted molar refractivity (Wildman–Crippen MR) is 61.4 cm³/mol. The highest BCUT2D eigenvalue weighted by Gasteiger charge is 2.48. The van der Waals surface area contributed by atoms with Gasteiger partial charge in [0, 0.05) is 0 Å². The van der Waals surface area contributed by atoms with Crippen LogP contribution in [0.1, 0.15) is 0 Å². The molecule has 7 heteroatoms. The fourth-order valence-electron chi connectivity index (χ4n) is 1.78. The molecule has 0 aliphatic carbocycles. The summed E-state index contributed by atoms with van der Waals surface area (Å²) in [5.74, 6) is -1.10. The second-order valence-corrected chi connectivity index (χ2v) is 4.17. The number of hydrogen-bond donors (Lipinski definition) is 4. The average molecular weight is 270 g/mol. The molecule has 0 aromatic heterocycles. The number of ether oxygens (including phenoxy) is 2. The molecule has 1 saturated heterocycles. The van der Waals surface area contributed by atoms with Gasteiger partial charge in [-0.25, -0.2) is 4.79 Å². The monoisotopic (exact) mass is 270 g/mol. The van der Waals surface area contributed by atoms with E-state index in [0.29, 0.717) is 5.75 Å². The smallest absolute Gasteiger partial charge is 0.335 e. The first-order valence-electron chi connectivity index (χ1n) is 5.65. The number of hydrogen-bond acceptors (Lipinski definition) is 6. The van der Waals surface area contributed by atoms with Crippen LogP contribution in [-0.2, 0) is 9.53 Å². The molecule has 0 spiro atoms. The van der Waals surface area contributed by atoms with Gasteiger partial charge in [-0.1, -0.05) is 18.2 Å². The number of para-hydroxylation sites is 1. The van der Waals surface area contributed by atoms with Gasteiger partial charge in [-0.15, -0.1) is 0 Å². The lowest BCUT2D eigenvalue weighted by Gasteiger charge is -2.38. The molecule has 5 atom stereocenters. The van der Waals surface area contributed by atoms with Gasteiger partial charge in [0.25, 0.3) is 0 Å². The molecular weight excluding hydrogens is 256 g/mol. The van der Waals surface area contributed by atoms with E-state index in [2.05, 4.69) is 0 Å². The molecule has 1 aliphatic rings. The Hall–Kier alpha value is -1.67. The lowest BCUT2D eigenvalue weighted by molar-refractivity contribution is -0.271. The number of aliphatic hydroxyl groups excluding tert-OH is 3. The highest BCUT2D eigenvalue weighted by atomic mass is 16.7. The van der Waals surface area contributed by atoms with Gasteiger partial charge in [-0.05, 0) is 12.1 Å². The Morgan fingerprint density at radius 3 is 2.26 bits per heavy atom. The standard InChI is InChI=1S/C12H14O7/c13-7-8(14)10(11(16)17)19-12(9(7)15)18-6-4-2-1-3-5-6/h1-5,7-10,12-15H,(H,16,17)/t7-,8-,9-,10-,12+/m0/s1. The maximum atomic E-state index is 10.9. The highest BCUT2D eigenvalue weighted by molar-refractivity contribution is 5.73. The van der Waals surface area contributed by atoms with Gasteiger partial charge in [-0.2, -0.15) is 0 Å². The number of carbonyl (C=O) groups is 1. The molecule has 0 saturated carbocycles. The van der Waals surface area contributed by atoms with Gasteiger partial charge in [0.15, 0.2) is 6.10 Å². The molecule has 1 heterocycles. The zero-order valence-electron chi connectivity index (χ0n) is 9.79. The van der Waals surface area contributed by atoms with Crippen molar-refractivity contribution >= 4 is 5.97 Å². The molecule has 104 valence electrons. The normalized spacial score (nSPS) is 34.8. The van der Waals surface area contributed by atoms with E-state index in [0.717, 1.165) is 0 Å². The summed E-state index contributed by atoms with van der Waals surface area (Å²) in [4.78, 5) is 10.9. The van der Waals surface area contributed by atoms with Crippen LogP contribution in [-0.4, -0.2) is 57.1 Å². The molecule has 0 amide bonds. The Morgan fingerprint density at radius 1 is 1.05 bits per heavy atom. The zero-order valence-corrected chi connectivity index (χ0v) is 9.79. The van der Waals surface area contributed by atoms with Crippen LogP contribution in [0, 0.1) is 0 Å². The van der Waals surface area contributed by atoms with E-state index in [9.17, 15) is 20.1 Å². The number of benzene rings is 1. The van der Waals surface area contributed by atoms with Crippen molar-refractivity contribution in [3.05, 3.63) is 30.3 Å². The van der Waals surface area contributed by atoms with Crippen LogP contribution >= 0.6 is 0 Å². The first-order chi connectivity index (χ1) is 9.00. The van der Waals surface area contributed by atoms with Crippen molar-refractivity contribution in [3.63, 3.8) is 0 Å². The summed E-state index contributed by atoms with van der Waals surface area (Å²) in [6.45, 7) is 0. The molecule has 1 aromatic carbocycles. The van der Waals surface area contributed by atoms with E-state index in [1.807, 2.05) is 0 Å². The number of aliphatic hydroxyl groups is 3. The minimum absolute atomic E-state index is 0.347. The van der Waals surface area contributed by atoms with Gasteiger partial charge in [-0.3, -0.25) is 0 Å². The topological polar surface area (TPSA) is 116 Å². The predicted octanol–water partition coefficient (Wildman–Crippen LogP) is -1.04. The minimum atomic E-state index is -1.72. The summed E-state index contributed by atoms with van der Waals surface area (Å²) < 4.78 is 10.2. The molecule has 7 nitrogen and oxygen atoms in total. The molecule has 4 N–H and O–H groups in total. The van der Waals surface area contributed by atoms with Crippen molar-refractivity contribution in [1.29, 1.82) is 0 Å². The molecule has 1 fully saturated rings. The zero-order chi connectivity index (χ0) is 14.0. The van der Waals surface area contributed by atoms with E-state index in [1.54, 1.807) is 30.3 Å². The Balaban J connectivity index is 2.13.